The Morgan fingerprint density at radius 2 is 2.04 bits per heavy atom. The van der Waals surface area contributed by atoms with Gasteiger partial charge in [-0.2, -0.15) is 0 Å². The van der Waals surface area contributed by atoms with Crippen LogP contribution in [0.1, 0.15) is 27.7 Å². The van der Waals surface area contributed by atoms with Crippen LogP contribution >= 0.6 is 11.3 Å². The van der Waals surface area contributed by atoms with Crippen LogP contribution in [0.15, 0.2) is 39.2 Å². The van der Waals surface area contributed by atoms with Gasteiger partial charge in [0.05, 0.1) is 17.6 Å². The van der Waals surface area contributed by atoms with E-state index in [2.05, 4.69) is 4.98 Å². The van der Waals surface area contributed by atoms with E-state index in [4.69, 9.17) is 0 Å². The fourth-order valence-electron chi connectivity index (χ4n) is 2.80. The normalized spacial score (nSPS) is 11.0. The number of benzene rings is 1. The number of amides is 1. The van der Waals surface area contributed by atoms with Crippen LogP contribution in [0.2, 0.25) is 0 Å². The zero-order valence-electron chi connectivity index (χ0n) is 14.3. The van der Waals surface area contributed by atoms with E-state index in [0.29, 0.717) is 29.7 Å². The zero-order chi connectivity index (χ0) is 18.1. The van der Waals surface area contributed by atoms with E-state index in [9.17, 15) is 14.4 Å². The highest BCUT2D eigenvalue weighted by Crippen LogP contribution is 2.19. The molecule has 0 spiro atoms. The lowest BCUT2D eigenvalue weighted by molar-refractivity contribution is 0.0786. The molecule has 25 heavy (non-hydrogen) atoms. The fraction of sp³-hybridized carbons (Fsp3) is 0.278. The Bertz CT molecular complexity index is 1060. The number of aromatic nitrogens is 2. The van der Waals surface area contributed by atoms with Gasteiger partial charge in [-0.15, -0.1) is 11.3 Å². The summed E-state index contributed by atoms with van der Waals surface area (Å²) in [6.45, 7) is 4.75. The maximum absolute atomic E-state index is 12.7. The Kier molecular flexibility index (Phi) is 4.59. The minimum absolute atomic E-state index is 0.134. The molecule has 130 valence electrons. The molecule has 7 heteroatoms. The van der Waals surface area contributed by atoms with E-state index in [1.54, 1.807) is 48.4 Å². The summed E-state index contributed by atoms with van der Waals surface area (Å²) in [4.78, 5) is 41.7. The van der Waals surface area contributed by atoms with Crippen molar-refractivity contribution in [3.63, 3.8) is 0 Å². The highest BCUT2D eigenvalue weighted by Gasteiger charge is 2.15. The number of thiophene rings is 1. The number of aromatic amines is 1. The third-order valence-corrected chi connectivity index (χ3v) is 5.24. The molecule has 0 fully saturated rings. The molecule has 1 N–H and O–H groups in total. The van der Waals surface area contributed by atoms with Gasteiger partial charge in [-0.3, -0.25) is 14.4 Å². The minimum Gasteiger partial charge on any atom is -0.337 e. The highest BCUT2D eigenvalue weighted by molar-refractivity contribution is 7.10. The van der Waals surface area contributed by atoms with Gasteiger partial charge in [0.2, 0.25) is 0 Å². The topological polar surface area (TPSA) is 75.2 Å². The molecule has 2 heterocycles. The number of H-pyrrole nitrogens is 1. The Labute approximate surface area is 148 Å². The Morgan fingerprint density at radius 3 is 2.68 bits per heavy atom. The van der Waals surface area contributed by atoms with Crippen molar-refractivity contribution in [2.24, 2.45) is 0 Å². The van der Waals surface area contributed by atoms with E-state index in [1.165, 1.54) is 10.1 Å². The molecule has 0 aliphatic rings. The number of aryl methyl sites for hydroxylation is 2. The Morgan fingerprint density at radius 1 is 1.28 bits per heavy atom. The van der Waals surface area contributed by atoms with Gasteiger partial charge in [0, 0.05) is 24.0 Å². The van der Waals surface area contributed by atoms with Crippen molar-refractivity contribution < 1.29 is 4.79 Å². The van der Waals surface area contributed by atoms with Gasteiger partial charge in [0.25, 0.3) is 5.91 Å². The lowest BCUT2D eigenvalue weighted by atomic mass is 10.1. The van der Waals surface area contributed by atoms with Gasteiger partial charge in [0.1, 0.15) is 0 Å². The van der Waals surface area contributed by atoms with Crippen LogP contribution in [0, 0.1) is 6.92 Å². The van der Waals surface area contributed by atoms with Crippen molar-refractivity contribution in [1.29, 1.82) is 0 Å². The van der Waals surface area contributed by atoms with Crippen LogP contribution in [0.4, 0.5) is 0 Å². The van der Waals surface area contributed by atoms with E-state index in [1.807, 2.05) is 18.4 Å². The van der Waals surface area contributed by atoms with Crippen molar-refractivity contribution >= 4 is 28.3 Å². The smallest absolute Gasteiger partial charge is 0.316 e. The first kappa shape index (κ1) is 17.2. The largest absolute Gasteiger partial charge is 0.337 e. The number of nitrogens with one attached hydrogen (secondary N) is 1. The monoisotopic (exact) mass is 357 g/mol. The fourth-order valence-corrected chi connectivity index (χ4v) is 3.76. The number of hydrogen-bond acceptors (Lipinski definition) is 4. The maximum Gasteiger partial charge on any atom is 0.316 e. The number of fused-ring (bicyclic) bond motifs is 1. The molecule has 0 atom stereocenters. The zero-order valence-corrected chi connectivity index (χ0v) is 15.1. The minimum atomic E-state index is -0.679. The molecule has 0 aliphatic carbocycles. The first-order chi connectivity index (χ1) is 11.9. The van der Waals surface area contributed by atoms with Crippen LogP contribution in [-0.2, 0) is 13.1 Å². The van der Waals surface area contributed by atoms with E-state index in [-0.39, 0.29) is 5.91 Å². The van der Waals surface area contributed by atoms with Crippen molar-refractivity contribution in [2.75, 3.05) is 7.05 Å². The van der Waals surface area contributed by atoms with Crippen LogP contribution in [0.3, 0.4) is 0 Å². The summed E-state index contributed by atoms with van der Waals surface area (Å²) in [6, 6.07) is 7.05. The van der Waals surface area contributed by atoms with E-state index in [0.717, 1.165) is 4.88 Å². The molecule has 6 nitrogen and oxygen atoms in total. The molecule has 0 saturated carbocycles. The predicted molar refractivity (Wildman–Crippen MR) is 99.4 cm³/mol. The summed E-state index contributed by atoms with van der Waals surface area (Å²) < 4.78 is 1.40. The number of nitrogens with zero attached hydrogens (tertiary/aromatic N) is 2. The molecule has 0 saturated heterocycles. The third kappa shape index (κ3) is 3.15. The number of hydrogen-bond donors (Lipinski definition) is 1. The summed E-state index contributed by atoms with van der Waals surface area (Å²) in [5.41, 5.74) is 1.47. The summed E-state index contributed by atoms with van der Waals surface area (Å²) in [5.74, 6) is -0.134. The van der Waals surface area contributed by atoms with Crippen molar-refractivity contribution in [2.45, 2.75) is 26.9 Å². The second-order valence-electron chi connectivity index (χ2n) is 5.92. The molecule has 0 bridgehead atoms. The SMILES string of the molecule is CCn1c(=O)c(=O)[nH]c2cc(C(=O)N(C)Cc3sccc3C)ccc21. The van der Waals surface area contributed by atoms with Gasteiger partial charge in [-0.25, -0.2) is 0 Å². The van der Waals surface area contributed by atoms with Crippen LogP contribution in [0.25, 0.3) is 11.0 Å². The summed E-state index contributed by atoms with van der Waals surface area (Å²) in [6.07, 6.45) is 0. The van der Waals surface area contributed by atoms with Crippen LogP contribution in [0.5, 0.6) is 0 Å². The maximum atomic E-state index is 12.7. The molecule has 1 amide bonds. The van der Waals surface area contributed by atoms with Crippen molar-refractivity contribution in [3.05, 3.63) is 66.4 Å². The van der Waals surface area contributed by atoms with Crippen molar-refractivity contribution in [3.8, 4) is 0 Å². The van der Waals surface area contributed by atoms with Crippen molar-refractivity contribution in [1.82, 2.24) is 14.5 Å². The lowest BCUT2D eigenvalue weighted by Crippen LogP contribution is -2.36. The molecule has 2 aromatic heterocycles. The first-order valence-electron chi connectivity index (χ1n) is 7.97. The second-order valence-corrected chi connectivity index (χ2v) is 6.92. The number of carbonyl (C=O) groups is 1. The molecule has 0 radical (unpaired) electrons. The summed E-state index contributed by atoms with van der Waals surface area (Å²) >= 11 is 1.62. The molecule has 3 aromatic rings. The van der Waals surface area contributed by atoms with Crippen LogP contribution < -0.4 is 11.1 Å². The summed E-state index contributed by atoms with van der Waals surface area (Å²) in [7, 11) is 1.75. The molecule has 0 aliphatic heterocycles. The van der Waals surface area contributed by atoms with E-state index >= 15 is 0 Å². The Hall–Kier alpha value is -2.67. The number of rotatable bonds is 4. The highest BCUT2D eigenvalue weighted by atomic mass is 32.1. The molecule has 0 unspecified atom stereocenters. The average Bonchev–Trinajstić information content (AvgIpc) is 3.00. The second kappa shape index (κ2) is 6.68. The van der Waals surface area contributed by atoms with Gasteiger partial charge in [-0.1, -0.05) is 0 Å². The lowest BCUT2D eigenvalue weighted by Gasteiger charge is -2.17. The average molecular weight is 357 g/mol. The molecule has 3 rings (SSSR count). The first-order valence-corrected chi connectivity index (χ1v) is 8.85. The molecular weight excluding hydrogens is 338 g/mol. The quantitative estimate of drug-likeness (QED) is 0.728. The standard InChI is InChI=1S/C18H19N3O3S/c1-4-21-14-6-5-12(9-13(14)19-16(22)18(21)24)17(23)20(3)10-15-11(2)7-8-25-15/h5-9H,4,10H2,1-3H3,(H,19,22). The molecular formula is C18H19N3O3S. The van der Waals surface area contributed by atoms with Gasteiger partial charge in [-0.05, 0) is 49.1 Å². The molecule has 1 aromatic carbocycles. The third-order valence-electron chi connectivity index (χ3n) is 4.23. The van der Waals surface area contributed by atoms with Gasteiger partial charge < -0.3 is 14.5 Å². The van der Waals surface area contributed by atoms with Gasteiger partial charge in [0.15, 0.2) is 0 Å². The summed E-state index contributed by atoms with van der Waals surface area (Å²) in [5, 5.41) is 2.01. The van der Waals surface area contributed by atoms with Crippen LogP contribution in [-0.4, -0.2) is 27.4 Å². The Balaban J connectivity index is 1.97. The predicted octanol–water partition coefficient (Wildman–Crippen LogP) is 2.35. The van der Waals surface area contributed by atoms with E-state index < -0.39 is 11.1 Å². The van der Waals surface area contributed by atoms with Gasteiger partial charge >= 0.3 is 11.1 Å². The number of carbonyl (C=O) groups excluding carboxylic acids is 1.